The highest BCUT2D eigenvalue weighted by atomic mass is 16.3. The van der Waals surface area contributed by atoms with Crippen LogP contribution in [0.3, 0.4) is 0 Å². The summed E-state index contributed by atoms with van der Waals surface area (Å²) in [6.07, 6.45) is 6.11. The topological polar surface area (TPSA) is 40.5 Å². The molecule has 2 nitrogen and oxygen atoms in total. The second kappa shape index (κ2) is 11.0. The van der Waals surface area contributed by atoms with Crippen LogP contribution in [0.15, 0.2) is 60.7 Å². The largest absolute Gasteiger partial charge is 0.396 e. The molecule has 0 heterocycles. The number of rotatable bonds is 11. The van der Waals surface area contributed by atoms with Crippen molar-refractivity contribution in [2.75, 3.05) is 13.2 Å². The van der Waals surface area contributed by atoms with E-state index in [-0.39, 0.29) is 13.2 Å². The highest BCUT2D eigenvalue weighted by molar-refractivity contribution is 5.20. The van der Waals surface area contributed by atoms with Gasteiger partial charge >= 0.3 is 0 Å². The summed E-state index contributed by atoms with van der Waals surface area (Å²) in [6, 6.07) is 21.2. The quantitative estimate of drug-likeness (QED) is 0.618. The molecule has 2 unspecified atom stereocenters. The predicted octanol–water partition coefficient (Wildman–Crippen LogP) is 4.88. The van der Waals surface area contributed by atoms with Gasteiger partial charge in [-0.15, -0.1) is 0 Å². The fourth-order valence-electron chi connectivity index (χ4n) is 3.51. The number of hydrogen-bond acceptors (Lipinski definition) is 2. The fourth-order valence-corrected chi connectivity index (χ4v) is 3.51. The Morgan fingerprint density at radius 3 is 1.46 bits per heavy atom. The van der Waals surface area contributed by atoms with Crippen molar-refractivity contribution in [3.63, 3.8) is 0 Å². The second-order valence-corrected chi connectivity index (χ2v) is 6.52. The van der Waals surface area contributed by atoms with Crippen molar-refractivity contribution in [1.29, 1.82) is 0 Å². The van der Waals surface area contributed by atoms with Crippen molar-refractivity contribution in [2.24, 2.45) is 0 Å². The highest BCUT2D eigenvalue weighted by Gasteiger charge is 2.14. The average molecular weight is 326 g/mol. The molecule has 0 fully saturated rings. The molecule has 0 aromatic heterocycles. The molecule has 0 spiro atoms. The van der Waals surface area contributed by atoms with Crippen LogP contribution in [0.5, 0.6) is 0 Å². The lowest BCUT2D eigenvalue weighted by atomic mass is 9.85. The van der Waals surface area contributed by atoms with Gasteiger partial charge < -0.3 is 10.2 Å². The minimum Gasteiger partial charge on any atom is -0.396 e. The third-order valence-electron chi connectivity index (χ3n) is 4.84. The molecular weight excluding hydrogens is 296 g/mol. The van der Waals surface area contributed by atoms with E-state index >= 15 is 0 Å². The maximum atomic E-state index is 9.37. The predicted molar refractivity (Wildman–Crippen MR) is 100 cm³/mol. The molecule has 0 saturated heterocycles. The molecule has 2 atom stereocenters. The normalized spacial score (nSPS) is 13.6. The monoisotopic (exact) mass is 326 g/mol. The summed E-state index contributed by atoms with van der Waals surface area (Å²) in [5.41, 5.74) is 2.71. The number of aliphatic hydroxyl groups is 2. The molecule has 2 rings (SSSR count). The molecule has 0 radical (unpaired) electrons. The van der Waals surface area contributed by atoms with Gasteiger partial charge in [-0.3, -0.25) is 0 Å². The Balaban J connectivity index is 1.92. The zero-order valence-corrected chi connectivity index (χ0v) is 14.5. The molecule has 0 aliphatic rings. The van der Waals surface area contributed by atoms with Crippen molar-refractivity contribution < 1.29 is 10.2 Å². The van der Waals surface area contributed by atoms with Gasteiger partial charge in [-0.2, -0.15) is 0 Å². The first-order valence-corrected chi connectivity index (χ1v) is 9.16. The molecule has 0 saturated carbocycles. The molecular formula is C22H30O2. The molecule has 2 aromatic carbocycles. The fraction of sp³-hybridized carbons (Fsp3) is 0.455. The van der Waals surface area contributed by atoms with E-state index in [0.29, 0.717) is 11.8 Å². The molecule has 24 heavy (non-hydrogen) atoms. The first kappa shape index (κ1) is 18.7. The Morgan fingerprint density at radius 1 is 0.542 bits per heavy atom. The van der Waals surface area contributed by atoms with Crippen LogP contribution in [-0.2, 0) is 0 Å². The van der Waals surface area contributed by atoms with Gasteiger partial charge in [0, 0.05) is 13.2 Å². The van der Waals surface area contributed by atoms with Crippen LogP contribution in [-0.4, -0.2) is 23.4 Å². The summed E-state index contributed by atoms with van der Waals surface area (Å²) in [5.74, 6) is 0.953. The summed E-state index contributed by atoms with van der Waals surface area (Å²) >= 11 is 0. The number of benzene rings is 2. The molecule has 0 bridgehead atoms. The smallest absolute Gasteiger partial charge is 0.0436 e. The van der Waals surface area contributed by atoms with Gasteiger partial charge in [0.1, 0.15) is 0 Å². The number of aliphatic hydroxyl groups excluding tert-OH is 2. The first-order valence-electron chi connectivity index (χ1n) is 9.16. The maximum Gasteiger partial charge on any atom is 0.0436 e. The molecule has 2 aromatic rings. The van der Waals surface area contributed by atoms with Crippen molar-refractivity contribution in [2.45, 2.75) is 50.4 Å². The van der Waals surface area contributed by atoms with Crippen molar-refractivity contribution in [1.82, 2.24) is 0 Å². The summed E-state index contributed by atoms with van der Waals surface area (Å²) in [7, 11) is 0. The van der Waals surface area contributed by atoms with Gasteiger partial charge in [0.2, 0.25) is 0 Å². The SMILES string of the molecule is OCCCC(CCCC(CCO)c1ccccc1)c1ccccc1. The van der Waals surface area contributed by atoms with Crippen LogP contribution in [0.1, 0.15) is 61.5 Å². The highest BCUT2D eigenvalue weighted by Crippen LogP contribution is 2.31. The summed E-state index contributed by atoms with van der Waals surface area (Å²) in [4.78, 5) is 0. The van der Waals surface area contributed by atoms with Crippen molar-refractivity contribution in [3.8, 4) is 0 Å². The third-order valence-corrected chi connectivity index (χ3v) is 4.84. The summed E-state index contributed by atoms with van der Waals surface area (Å²) in [6.45, 7) is 0.507. The number of hydrogen-bond donors (Lipinski definition) is 2. The Kier molecular flexibility index (Phi) is 8.58. The minimum atomic E-state index is 0.242. The van der Waals surface area contributed by atoms with E-state index < -0.39 is 0 Å². The lowest BCUT2D eigenvalue weighted by Crippen LogP contribution is -2.05. The first-order chi connectivity index (χ1) is 11.8. The van der Waals surface area contributed by atoms with E-state index in [1.165, 1.54) is 11.1 Å². The molecule has 0 amide bonds. The van der Waals surface area contributed by atoms with Gasteiger partial charge in [0.25, 0.3) is 0 Å². The zero-order valence-electron chi connectivity index (χ0n) is 14.5. The van der Waals surface area contributed by atoms with Gasteiger partial charge in [-0.05, 0) is 55.1 Å². The Morgan fingerprint density at radius 2 is 1.00 bits per heavy atom. The van der Waals surface area contributed by atoms with Crippen molar-refractivity contribution in [3.05, 3.63) is 71.8 Å². The van der Waals surface area contributed by atoms with Crippen LogP contribution in [0.2, 0.25) is 0 Å². The van der Waals surface area contributed by atoms with E-state index in [1.54, 1.807) is 0 Å². The van der Waals surface area contributed by atoms with E-state index in [9.17, 15) is 5.11 Å². The van der Waals surface area contributed by atoms with Crippen LogP contribution in [0.4, 0.5) is 0 Å². The van der Waals surface area contributed by atoms with Crippen LogP contribution >= 0.6 is 0 Å². The van der Waals surface area contributed by atoms with Crippen LogP contribution in [0.25, 0.3) is 0 Å². The minimum absolute atomic E-state index is 0.242. The molecule has 2 N–H and O–H groups in total. The van der Waals surface area contributed by atoms with Gasteiger partial charge in [-0.1, -0.05) is 67.1 Å². The van der Waals surface area contributed by atoms with Crippen molar-refractivity contribution >= 4 is 0 Å². The molecule has 0 aliphatic heterocycles. The summed E-state index contributed by atoms with van der Waals surface area (Å²) < 4.78 is 0. The van der Waals surface area contributed by atoms with Gasteiger partial charge in [0.05, 0.1) is 0 Å². The summed E-state index contributed by atoms with van der Waals surface area (Å²) in [5, 5.41) is 18.5. The molecule has 2 heteroatoms. The lowest BCUT2D eigenvalue weighted by molar-refractivity contribution is 0.268. The second-order valence-electron chi connectivity index (χ2n) is 6.52. The van der Waals surface area contributed by atoms with E-state index in [2.05, 4.69) is 54.6 Å². The lowest BCUT2D eigenvalue weighted by Gasteiger charge is -2.20. The van der Waals surface area contributed by atoms with Gasteiger partial charge in [0.15, 0.2) is 0 Å². The van der Waals surface area contributed by atoms with Crippen LogP contribution in [0, 0.1) is 0 Å². The van der Waals surface area contributed by atoms with Gasteiger partial charge in [-0.25, -0.2) is 0 Å². The van der Waals surface area contributed by atoms with E-state index in [1.807, 2.05) is 6.07 Å². The zero-order chi connectivity index (χ0) is 17.0. The third kappa shape index (κ3) is 6.10. The Hall–Kier alpha value is -1.64. The average Bonchev–Trinajstić information content (AvgIpc) is 2.65. The maximum absolute atomic E-state index is 9.37. The Bertz CT molecular complexity index is 538. The van der Waals surface area contributed by atoms with E-state index in [0.717, 1.165) is 38.5 Å². The van der Waals surface area contributed by atoms with E-state index in [4.69, 9.17) is 5.11 Å². The Labute approximate surface area is 146 Å². The molecule has 130 valence electrons. The van der Waals surface area contributed by atoms with Crippen LogP contribution < -0.4 is 0 Å². The molecule has 0 aliphatic carbocycles. The standard InChI is InChI=1S/C22H30O2/c23-17-8-15-21(19-9-3-1-4-10-19)13-7-14-22(16-18-24)20-11-5-2-6-12-20/h1-6,9-12,21-24H,7-8,13-18H2.